The zero-order valence-corrected chi connectivity index (χ0v) is 24.1. The number of hydrogen-bond acceptors (Lipinski definition) is 7. The van der Waals surface area contributed by atoms with Crippen LogP contribution in [0.4, 0.5) is 23.4 Å². The SMILES string of the molecule is C=CC(=O)N1C(C)CN(c2nc(=O)n3c4c(c(-c5ccc(F)cc5)c(C(F)(F)F)cc24)SCC(OCOC)C3)CC1C. The van der Waals surface area contributed by atoms with Crippen molar-refractivity contribution in [2.24, 2.45) is 0 Å². The van der Waals surface area contributed by atoms with Crippen LogP contribution in [0.1, 0.15) is 19.4 Å². The molecular formula is C29H30F4N4O4S. The van der Waals surface area contributed by atoms with Crippen LogP contribution in [0, 0.1) is 5.82 Å². The summed E-state index contributed by atoms with van der Waals surface area (Å²) in [5, 5.41) is 0.158. The van der Waals surface area contributed by atoms with Crippen LogP contribution in [0.25, 0.3) is 22.0 Å². The second-order valence-corrected chi connectivity index (χ2v) is 11.4. The number of anilines is 1. The van der Waals surface area contributed by atoms with E-state index in [9.17, 15) is 27.2 Å². The Hall–Kier alpha value is -3.42. The molecule has 224 valence electrons. The first-order chi connectivity index (χ1) is 19.9. The second kappa shape index (κ2) is 11.7. The number of piperazine rings is 1. The summed E-state index contributed by atoms with van der Waals surface area (Å²) in [5.74, 6) is -0.482. The van der Waals surface area contributed by atoms with Crippen LogP contribution in [0.3, 0.4) is 0 Å². The molecule has 0 radical (unpaired) electrons. The fourth-order valence-electron chi connectivity index (χ4n) is 5.80. The highest BCUT2D eigenvalue weighted by Crippen LogP contribution is 2.48. The first kappa shape index (κ1) is 30.1. The Kier molecular flexibility index (Phi) is 8.37. The summed E-state index contributed by atoms with van der Waals surface area (Å²) in [6, 6.07) is 5.20. The van der Waals surface area contributed by atoms with Gasteiger partial charge >= 0.3 is 11.9 Å². The van der Waals surface area contributed by atoms with Crippen molar-refractivity contribution in [1.82, 2.24) is 14.5 Å². The number of methoxy groups -OCH3 is 1. The molecule has 8 nitrogen and oxygen atoms in total. The van der Waals surface area contributed by atoms with E-state index in [1.165, 1.54) is 29.9 Å². The van der Waals surface area contributed by atoms with Crippen LogP contribution in [0.5, 0.6) is 0 Å². The molecule has 13 heteroatoms. The smallest absolute Gasteiger partial charge is 0.359 e. The zero-order valence-electron chi connectivity index (χ0n) is 23.3. The van der Waals surface area contributed by atoms with Gasteiger partial charge in [-0.1, -0.05) is 18.7 Å². The van der Waals surface area contributed by atoms with Gasteiger partial charge in [-0.3, -0.25) is 9.36 Å². The van der Waals surface area contributed by atoms with Gasteiger partial charge in [0.1, 0.15) is 18.4 Å². The maximum absolute atomic E-state index is 14.8. The van der Waals surface area contributed by atoms with E-state index in [1.807, 2.05) is 13.8 Å². The van der Waals surface area contributed by atoms with Gasteiger partial charge in [-0.2, -0.15) is 18.2 Å². The number of rotatable bonds is 6. The van der Waals surface area contributed by atoms with Crippen molar-refractivity contribution in [2.75, 3.05) is 37.6 Å². The number of hydrogen-bond donors (Lipinski definition) is 0. The van der Waals surface area contributed by atoms with Gasteiger partial charge in [-0.25, -0.2) is 9.18 Å². The summed E-state index contributed by atoms with van der Waals surface area (Å²) >= 11 is 1.14. The number of carbonyl (C=O) groups is 1. The lowest BCUT2D eigenvalue weighted by Gasteiger charge is -2.44. The van der Waals surface area contributed by atoms with Gasteiger partial charge in [0.25, 0.3) is 0 Å². The third kappa shape index (κ3) is 5.52. The van der Waals surface area contributed by atoms with E-state index >= 15 is 0 Å². The van der Waals surface area contributed by atoms with Crippen LogP contribution in [0.2, 0.25) is 0 Å². The molecule has 1 amide bonds. The third-order valence-corrected chi connectivity index (χ3v) is 8.73. The van der Waals surface area contributed by atoms with Crippen LogP contribution in [0.15, 0.2) is 52.7 Å². The van der Waals surface area contributed by atoms with E-state index in [2.05, 4.69) is 11.6 Å². The predicted molar refractivity (Wildman–Crippen MR) is 152 cm³/mol. The molecule has 2 aliphatic rings. The largest absolute Gasteiger partial charge is 0.417 e. The molecule has 0 spiro atoms. The van der Waals surface area contributed by atoms with Crippen LogP contribution >= 0.6 is 11.8 Å². The Balaban J connectivity index is 1.79. The average Bonchev–Trinajstić information content (AvgIpc) is 3.13. The topological polar surface area (TPSA) is 76.9 Å². The monoisotopic (exact) mass is 606 g/mol. The van der Waals surface area contributed by atoms with Crippen molar-refractivity contribution in [3.8, 4) is 11.1 Å². The maximum Gasteiger partial charge on any atom is 0.417 e. The molecule has 3 atom stereocenters. The van der Waals surface area contributed by atoms with Crippen molar-refractivity contribution in [3.63, 3.8) is 0 Å². The summed E-state index contributed by atoms with van der Waals surface area (Å²) in [5.41, 5.74) is -1.23. The minimum Gasteiger partial charge on any atom is -0.359 e. The minimum atomic E-state index is -4.78. The normalized spacial score (nSPS) is 21.0. The predicted octanol–water partition coefficient (Wildman–Crippen LogP) is 4.93. The molecule has 3 unspecified atom stereocenters. The number of ether oxygens (including phenoxy) is 2. The summed E-state index contributed by atoms with van der Waals surface area (Å²) in [6.07, 6.45) is -4.11. The second-order valence-electron chi connectivity index (χ2n) is 10.4. The average molecular weight is 607 g/mol. The fraction of sp³-hybridized carbons (Fsp3) is 0.414. The first-order valence-corrected chi connectivity index (χ1v) is 14.3. The van der Waals surface area contributed by atoms with E-state index in [-0.39, 0.29) is 77.4 Å². The van der Waals surface area contributed by atoms with E-state index in [1.54, 1.807) is 9.80 Å². The van der Waals surface area contributed by atoms with Gasteiger partial charge in [-0.05, 0) is 43.7 Å². The van der Waals surface area contributed by atoms with E-state index in [0.717, 1.165) is 30.0 Å². The summed E-state index contributed by atoms with van der Waals surface area (Å²) < 4.78 is 70.3. The van der Waals surface area contributed by atoms with Crippen LogP contribution in [-0.2, 0) is 27.0 Å². The lowest BCUT2D eigenvalue weighted by Crippen LogP contribution is -2.58. The van der Waals surface area contributed by atoms with Gasteiger partial charge in [-0.15, -0.1) is 11.8 Å². The molecule has 2 aromatic carbocycles. The highest BCUT2D eigenvalue weighted by atomic mass is 32.2. The summed E-state index contributed by atoms with van der Waals surface area (Å²) in [4.78, 5) is 34.1. The third-order valence-electron chi connectivity index (χ3n) is 7.51. The lowest BCUT2D eigenvalue weighted by atomic mass is 9.96. The molecule has 3 aromatic rings. The molecule has 42 heavy (non-hydrogen) atoms. The van der Waals surface area contributed by atoms with Crippen molar-refractivity contribution >= 4 is 34.4 Å². The molecule has 0 aliphatic carbocycles. The zero-order chi connectivity index (χ0) is 30.3. The first-order valence-electron chi connectivity index (χ1n) is 13.3. The van der Waals surface area contributed by atoms with Crippen molar-refractivity contribution < 1.29 is 31.8 Å². The van der Waals surface area contributed by atoms with Crippen molar-refractivity contribution in [2.45, 2.75) is 49.7 Å². The van der Waals surface area contributed by atoms with Crippen LogP contribution in [-0.4, -0.2) is 71.3 Å². The number of amides is 1. The molecule has 1 fully saturated rings. The van der Waals surface area contributed by atoms with Gasteiger partial charge < -0.3 is 19.3 Å². The molecule has 1 aromatic heterocycles. The molecule has 0 N–H and O–H groups in total. The standard InChI is InChI=1S/C29H30F4N4O4S/c1-5-23(38)37-16(2)11-35(12-17(37)3)27-21-10-22(29(31,32)33)24(18-6-8-19(30)9-7-18)26-25(21)36(28(39)34-27)13-20(14-42-26)41-15-40-4/h5-10,16-17,20H,1,11-15H2,2-4H3. The summed E-state index contributed by atoms with van der Waals surface area (Å²) in [7, 11) is 1.45. The van der Waals surface area contributed by atoms with E-state index in [4.69, 9.17) is 9.47 Å². The number of thioether (sulfide) groups is 1. The maximum atomic E-state index is 14.8. The summed E-state index contributed by atoms with van der Waals surface area (Å²) in [6.45, 7) is 7.71. The van der Waals surface area contributed by atoms with Gasteiger partial charge in [0, 0.05) is 53.9 Å². The highest BCUT2D eigenvalue weighted by molar-refractivity contribution is 7.99. The molecule has 2 aliphatic heterocycles. The Labute approximate surface area is 243 Å². The van der Waals surface area contributed by atoms with Gasteiger partial charge in [0.05, 0.1) is 23.7 Å². The number of nitrogens with zero attached hydrogens (tertiary/aromatic N) is 4. The van der Waals surface area contributed by atoms with Crippen molar-refractivity contribution in [3.05, 3.63) is 64.9 Å². The van der Waals surface area contributed by atoms with Gasteiger partial charge in [0.2, 0.25) is 5.91 Å². The number of benzene rings is 2. The number of aromatic nitrogens is 2. The quantitative estimate of drug-likeness (QED) is 0.224. The molecule has 5 rings (SSSR count). The Bertz CT molecular complexity index is 1570. The van der Waals surface area contributed by atoms with Crippen molar-refractivity contribution in [1.29, 1.82) is 0 Å². The Morgan fingerprint density at radius 1 is 1.17 bits per heavy atom. The number of halogens is 4. The number of alkyl halides is 3. The molecule has 3 heterocycles. The lowest BCUT2D eigenvalue weighted by molar-refractivity contribution is -0.137. The molecular weight excluding hydrogens is 576 g/mol. The van der Waals surface area contributed by atoms with E-state index < -0.39 is 29.4 Å². The van der Waals surface area contributed by atoms with Crippen LogP contribution < -0.4 is 10.6 Å². The van der Waals surface area contributed by atoms with Gasteiger partial charge in [0.15, 0.2) is 0 Å². The Morgan fingerprint density at radius 3 is 2.43 bits per heavy atom. The fourth-order valence-corrected chi connectivity index (χ4v) is 7.09. The molecule has 1 saturated heterocycles. The number of carbonyl (C=O) groups excluding carboxylic acids is 1. The molecule has 0 bridgehead atoms. The highest BCUT2D eigenvalue weighted by Gasteiger charge is 2.39. The van der Waals surface area contributed by atoms with E-state index in [0.29, 0.717) is 5.52 Å². The molecule has 0 saturated carbocycles. The Morgan fingerprint density at radius 2 is 1.83 bits per heavy atom. The minimum absolute atomic E-state index is 0.0502.